The van der Waals surface area contributed by atoms with Crippen LogP contribution in [0.2, 0.25) is 0 Å². The second-order valence-corrected chi connectivity index (χ2v) is 5.42. The van der Waals surface area contributed by atoms with Crippen LogP contribution in [0.25, 0.3) is 0 Å². The average Bonchev–Trinajstić information content (AvgIpc) is 2.07. The van der Waals surface area contributed by atoms with Gasteiger partial charge in [0.15, 0.2) is 0 Å². The molecule has 0 aromatic rings. The monoisotopic (exact) mass is 324 g/mol. The van der Waals surface area contributed by atoms with Crippen LogP contribution in [0.4, 0.5) is 0 Å². The van der Waals surface area contributed by atoms with Crippen LogP contribution in [0.15, 0.2) is 0 Å². The van der Waals surface area contributed by atoms with Gasteiger partial charge < -0.3 is 9.05 Å². The van der Waals surface area contributed by atoms with Crippen LogP contribution in [-0.4, -0.2) is 23.9 Å². The lowest BCUT2D eigenvalue weighted by atomic mass is 9.96. The molecule has 0 saturated carbocycles. The summed E-state index contributed by atoms with van der Waals surface area (Å²) in [6.45, 7) is 1.33. The summed E-state index contributed by atoms with van der Waals surface area (Å²) in [4.78, 5) is 0. The smallest absolute Gasteiger partial charge is 0.276 e. The van der Waals surface area contributed by atoms with Gasteiger partial charge in [-0.15, -0.1) is 0 Å². The molecule has 0 amide bonds. The molecule has 1 saturated heterocycles. The average molecular weight is 326 g/mol. The van der Waals surface area contributed by atoms with Gasteiger partial charge in [-0.3, -0.25) is 0 Å². The molecule has 11 heavy (non-hydrogen) atoms. The third-order valence-electron chi connectivity index (χ3n) is 1.51. The van der Waals surface area contributed by atoms with E-state index >= 15 is 0 Å². The Hall–Kier alpha value is 1.60. The minimum absolute atomic E-state index is 0.0632. The fourth-order valence-corrected chi connectivity index (χ4v) is 3.34. The van der Waals surface area contributed by atoms with Gasteiger partial charge in [-0.1, -0.05) is 31.9 Å². The molecule has 0 atom stereocenters. The summed E-state index contributed by atoms with van der Waals surface area (Å²) >= 11 is 12.5. The number of alkyl halides is 2. The van der Waals surface area contributed by atoms with Crippen molar-refractivity contribution >= 4 is 50.8 Å². The Kier molecular flexibility index (Phi) is 4.59. The topological polar surface area (TPSA) is 18.5 Å². The molecule has 1 fully saturated rings. The zero-order valence-electron chi connectivity index (χ0n) is 5.73. The van der Waals surface area contributed by atoms with Crippen LogP contribution in [-0.2, 0) is 9.05 Å². The molecular formula is C5H8Br2ClO2P. The highest BCUT2D eigenvalue weighted by molar-refractivity contribution is 9.09. The summed E-state index contributed by atoms with van der Waals surface area (Å²) in [7, 11) is -1.13. The maximum atomic E-state index is 5.65. The fraction of sp³-hybridized carbons (Fsp3) is 1.00. The van der Waals surface area contributed by atoms with Gasteiger partial charge in [-0.25, -0.2) is 0 Å². The van der Waals surface area contributed by atoms with Crippen molar-refractivity contribution in [2.75, 3.05) is 23.9 Å². The van der Waals surface area contributed by atoms with E-state index in [1.807, 2.05) is 0 Å². The number of halogens is 3. The van der Waals surface area contributed by atoms with Crippen LogP contribution >= 0.6 is 50.8 Å². The van der Waals surface area contributed by atoms with E-state index in [1.165, 1.54) is 0 Å². The molecule has 0 radical (unpaired) electrons. The molecule has 2 nitrogen and oxygen atoms in total. The van der Waals surface area contributed by atoms with Gasteiger partial charge in [0.25, 0.3) is 7.73 Å². The summed E-state index contributed by atoms with van der Waals surface area (Å²) in [6.07, 6.45) is 0. The van der Waals surface area contributed by atoms with Gasteiger partial charge in [0.2, 0.25) is 0 Å². The fourth-order valence-electron chi connectivity index (χ4n) is 0.644. The van der Waals surface area contributed by atoms with E-state index in [-0.39, 0.29) is 5.41 Å². The third kappa shape index (κ3) is 2.78. The van der Waals surface area contributed by atoms with Crippen molar-refractivity contribution in [1.29, 1.82) is 0 Å². The second kappa shape index (κ2) is 4.73. The molecule has 0 unspecified atom stereocenters. The minimum atomic E-state index is -1.13. The van der Waals surface area contributed by atoms with E-state index < -0.39 is 7.73 Å². The summed E-state index contributed by atoms with van der Waals surface area (Å²) in [5.74, 6) is 0. The number of hydrogen-bond acceptors (Lipinski definition) is 2. The van der Waals surface area contributed by atoms with Gasteiger partial charge in [0.1, 0.15) is 0 Å². The lowest BCUT2D eigenvalue weighted by Gasteiger charge is -2.34. The quantitative estimate of drug-likeness (QED) is 0.573. The zero-order chi connectivity index (χ0) is 8.32. The SMILES string of the molecule is ClP1OCC(CBr)(CBr)CO1. The van der Waals surface area contributed by atoms with Crippen molar-refractivity contribution in [3.05, 3.63) is 0 Å². The predicted octanol–water partition coefficient (Wildman–Crippen LogP) is 3.28. The number of rotatable bonds is 2. The first-order valence-corrected chi connectivity index (χ1v) is 7.39. The van der Waals surface area contributed by atoms with E-state index in [0.29, 0.717) is 13.2 Å². The Labute approximate surface area is 88.9 Å². The highest BCUT2D eigenvalue weighted by Gasteiger charge is 2.35. The molecule has 0 spiro atoms. The Morgan fingerprint density at radius 2 is 1.73 bits per heavy atom. The van der Waals surface area contributed by atoms with Gasteiger partial charge in [-0.05, 0) is 11.2 Å². The largest absolute Gasteiger partial charge is 0.321 e. The lowest BCUT2D eigenvalue weighted by molar-refractivity contribution is 0.0767. The van der Waals surface area contributed by atoms with Crippen molar-refractivity contribution in [2.24, 2.45) is 5.41 Å². The second-order valence-electron chi connectivity index (χ2n) is 2.53. The Morgan fingerprint density at radius 3 is 2.09 bits per heavy atom. The molecule has 0 N–H and O–H groups in total. The zero-order valence-corrected chi connectivity index (χ0v) is 10.5. The molecule has 0 bridgehead atoms. The first kappa shape index (κ1) is 10.7. The Morgan fingerprint density at radius 1 is 1.27 bits per heavy atom. The molecule has 1 heterocycles. The van der Waals surface area contributed by atoms with Crippen LogP contribution in [0, 0.1) is 5.41 Å². The molecule has 66 valence electrons. The summed E-state index contributed by atoms with van der Waals surface area (Å²) in [5, 5.41) is 1.73. The molecule has 1 aliphatic heterocycles. The van der Waals surface area contributed by atoms with E-state index in [1.54, 1.807) is 0 Å². The number of hydrogen-bond donors (Lipinski definition) is 0. The van der Waals surface area contributed by atoms with E-state index in [0.717, 1.165) is 10.7 Å². The molecule has 6 heteroatoms. The van der Waals surface area contributed by atoms with Gasteiger partial charge in [0.05, 0.1) is 13.2 Å². The standard InChI is InChI=1S/C5H8Br2ClO2P/c6-1-5(2-7)3-9-11(8)10-4-5/h1-4H2. The maximum absolute atomic E-state index is 5.65. The molecule has 1 rings (SSSR count). The Bertz CT molecular complexity index is 124. The first-order valence-electron chi connectivity index (χ1n) is 3.06. The van der Waals surface area contributed by atoms with Crippen LogP contribution in [0.3, 0.4) is 0 Å². The first-order chi connectivity index (χ1) is 5.22. The third-order valence-corrected chi connectivity index (χ3v) is 5.14. The molecule has 0 aromatic heterocycles. The van der Waals surface area contributed by atoms with Crippen LogP contribution < -0.4 is 0 Å². The Balaban J connectivity index is 2.45. The van der Waals surface area contributed by atoms with E-state index in [2.05, 4.69) is 31.9 Å². The van der Waals surface area contributed by atoms with Gasteiger partial charge >= 0.3 is 0 Å². The van der Waals surface area contributed by atoms with Crippen molar-refractivity contribution < 1.29 is 9.05 Å². The predicted molar refractivity (Wildman–Crippen MR) is 54.7 cm³/mol. The molecule has 0 aliphatic carbocycles. The summed E-state index contributed by atoms with van der Waals surface area (Å²) in [5.41, 5.74) is 0.0632. The highest BCUT2D eigenvalue weighted by atomic mass is 79.9. The van der Waals surface area contributed by atoms with E-state index in [9.17, 15) is 0 Å². The minimum Gasteiger partial charge on any atom is -0.321 e. The van der Waals surface area contributed by atoms with Crippen LogP contribution in [0.1, 0.15) is 0 Å². The molecular weight excluding hydrogens is 318 g/mol. The highest BCUT2D eigenvalue weighted by Crippen LogP contribution is 2.50. The maximum Gasteiger partial charge on any atom is 0.276 e. The normalized spacial score (nSPS) is 25.4. The van der Waals surface area contributed by atoms with Crippen molar-refractivity contribution in [2.45, 2.75) is 0 Å². The molecule has 1 aliphatic rings. The van der Waals surface area contributed by atoms with Gasteiger partial charge in [-0.2, -0.15) is 0 Å². The summed E-state index contributed by atoms with van der Waals surface area (Å²) in [6, 6.07) is 0. The summed E-state index contributed by atoms with van der Waals surface area (Å²) < 4.78 is 10.4. The van der Waals surface area contributed by atoms with Crippen molar-refractivity contribution in [3.8, 4) is 0 Å². The van der Waals surface area contributed by atoms with Gasteiger partial charge in [0, 0.05) is 16.1 Å². The van der Waals surface area contributed by atoms with Crippen molar-refractivity contribution in [1.82, 2.24) is 0 Å². The van der Waals surface area contributed by atoms with Crippen molar-refractivity contribution in [3.63, 3.8) is 0 Å². The van der Waals surface area contributed by atoms with Crippen LogP contribution in [0.5, 0.6) is 0 Å². The lowest BCUT2D eigenvalue weighted by Crippen LogP contribution is -2.37. The van der Waals surface area contributed by atoms with E-state index in [4.69, 9.17) is 20.3 Å². The molecule has 0 aromatic carbocycles.